The maximum absolute atomic E-state index is 3.95. The van der Waals surface area contributed by atoms with E-state index in [0.29, 0.717) is 0 Å². The monoisotopic (exact) mass is 225 g/mol. The summed E-state index contributed by atoms with van der Waals surface area (Å²) in [6.45, 7) is 10.5. The Kier molecular flexibility index (Phi) is 2.93. The van der Waals surface area contributed by atoms with E-state index in [1.165, 1.54) is 16.8 Å². The van der Waals surface area contributed by atoms with Gasteiger partial charge in [0.15, 0.2) is 0 Å². The topological polar surface area (TPSA) is 12.0 Å². The van der Waals surface area contributed by atoms with E-state index in [1.54, 1.807) is 0 Å². The van der Waals surface area contributed by atoms with Gasteiger partial charge in [0.2, 0.25) is 0 Å². The largest absolute Gasteiger partial charge is 0.355 e. The number of fused-ring (bicyclic) bond motifs is 1. The first-order valence-corrected chi connectivity index (χ1v) is 5.97. The van der Waals surface area contributed by atoms with Gasteiger partial charge in [-0.15, -0.1) is 0 Å². The van der Waals surface area contributed by atoms with Crippen LogP contribution in [0.15, 0.2) is 60.3 Å². The number of hydrogen-bond acceptors (Lipinski definition) is 1. The molecule has 0 unspecified atom stereocenters. The third-order valence-electron chi connectivity index (χ3n) is 3.37. The van der Waals surface area contributed by atoms with Crippen LogP contribution >= 0.6 is 0 Å². The highest BCUT2D eigenvalue weighted by Crippen LogP contribution is 2.42. The molecule has 0 aromatic heterocycles. The predicted molar refractivity (Wildman–Crippen MR) is 75.1 cm³/mol. The van der Waals surface area contributed by atoms with E-state index in [-0.39, 0.29) is 5.41 Å². The van der Waals surface area contributed by atoms with E-state index < -0.39 is 0 Å². The fraction of sp³-hybridized carbons (Fsp3) is 0.250. The highest BCUT2D eigenvalue weighted by atomic mass is 14.9. The van der Waals surface area contributed by atoms with Crippen molar-refractivity contribution in [3.63, 3.8) is 0 Å². The van der Waals surface area contributed by atoms with Gasteiger partial charge < -0.3 is 5.32 Å². The van der Waals surface area contributed by atoms with Gasteiger partial charge in [0.1, 0.15) is 0 Å². The quantitative estimate of drug-likeness (QED) is 0.786. The molecule has 1 heterocycles. The zero-order valence-corrected chi connectivity index (χ0v) is 10.7. The second-order valence-corrected chi connectivity index (χ2v) is 4.83. The first-order valence-electron chi connectivity index (χ1n) is 5.97. The van der Waals surface area contributed by atoms with Gasteiger partial charge in [0.05, 0.1) is 0 Å². The molecule has 1 aromatic rings. The Morgan fingerprint density at radius 2 is 1.94 bits per heavy atom. The second kappa shape index (κ2) is 4.25. The van der Waals surface area contributed by atoms with Crippen molar-refractivity contribution in [2.24, 2.45) is 0 Å². The van der Waals surface area contributed by atoms with Crippen molar-refractivity contribution in [1.82, 2.24) is 0 Å². The van der Waals surface area contributed by atoms with Crippen molar-refractivity contribution < 1.29 is 0 Å². The third kappa shape index (κ3) is 1.82. The second-order valence-electron chi connectivity index (χ2n) is 4.83. The summed E-state index contributed by atoms with van der Waals surface area (Å²) in [5, 5.41) is 3.48. The number of allylic oxidation sites excluding steroid dienone is 4. The molecule has 17 heavy (non-hydrogen) atoms. The van der Waals surface area contributed by atoms with Crippen LogP contribution in [-0.4, -0.2) is 0 Å². The molecule has 2 rings (SSSR count). The van der Waals surface area contributed by atoms with Crippen LogP contribution in [-0.2, 0) is 5.41 Å². The van der Waals surface area contributed by atoms with Gasteiger partial charge in [0, 0.05) is 16.8 Å². The van der Waals surface area contributed by atoms with Crippen molar-refractivity contribution in [2.45, 2.75) is 26.2 Å². The maximum atomic E-state index is 3.95. The van der Waals surface area contributed by atoms with Crippen LogP contribution in [0.3, 0.4) is 0 Å². The van der Waals surface area contributed by atoms with Crippen molar-refractivity contribution in [1.29, 1.82) is 0 Å². The molecule has 1 nitrogen and oxygen atoms in total. The van der Waals surface area contributed by atoms with Crippen LogP contribution in [0.25, 0.3) is 0 Å². The molecule has 0 fully saturated rings. The van der Waals surface area contributed by atoms with Crippen LogP contribution in [0.5, 0.6) is 0 Å². The summed E-state index contributed by atoms with van der Waals surface area (Å²) in [7, 11) is 0. The van der Waals surface area contributed by atoms with Crippen LogP contribution < -0.4 is 5.32 Å². The predicted octanol–water partition coefficient (Wildman–Crippen LogP) is 4.41. The molecule has 1 heteroatoms. The van der Waals surface area contributed by atoms with E-state index in [4.69, 9.17) is 0 Å². The summed E-state index contributed by atoms with van der Waals surface area (Å²) < 4.78 is 0. The number of benzene rings is 1. The van der Waals surface area contributed by atoms with Crippen LogP contribution in [0.4, 0.5) is 5.69 Å². The smallest absolute Gasteiger partial charge is 0.0425 e. The molecule has 1 aliphatic rings. The van der Waals surface area contributed by atoms with Gasteiger partial charge >= 0.3 is 0 Å². The highest BCUT2D eigenvalue weighted by Gasteiger charge is 2.31. The Hall–Kier alpha value is -1.76. The molecule has 0 saturated carbocycles. The summed E-state index contributed by atoms with van der Waals surface area (Å²) in [4.78, 5) is 0. The molecule has 0 amide bonds. The Labute approximate surface area is 104 Å². The minimum absolute atomic E-state index is 0.00155. The number of rotatable bonds is 2. The van der Waals surface area contributed by atoms with E-state index >= 15 is 0 Å². The lowest BCUT2D eigenvalue weighted by molar-refractivity contribution is 0.629. The average Bonchev–Trinajstić information content (AvgIpc) is 2.29. The molecule has 0 saturated heterocycles. The third-order valence-corrected chi connectivity index (χ3v) is 3.37. The van der Waals surface area contributed by atoms with Crippen LogP contribution in [0.1, 0.15) is 26.3 Å². The van der Waals surface area contributed by atoms with Crippen LogP contribution in [0.2, 0.25) is 0 Å². The van der Waals surface area contributed by atoms with Gasteiger partial charge in [-0.1, -0.05) is 50.8 Å². The summed E-state index contributed by atoms with van der Waals surface area (Å²) in [5.41, 5.74) is 4.90. The van der Waals surface area contributed by atoms with Gasteiger partial charge in [-0.25, -0.2) is 0 Å². The van der Waals surface area contributed by atoms with Crippen LogP contribution in [0, 0.1) is 0 Å². The average molecular weight is 225 g/mol. The summed E-state index contributed by atoms with van der Waals surface area (Å²) in [5.74, 6) is 0. The van der Waals surface area contributed by atoms with Gasteiger partial charge in [-0.05, 0) is 30.2 Å². The van der Waals surface area contributed by atoms with Crippen molar-refractivity contribution in [2.75, 3.05) is 5.32 Å². The summed E-state index contributed by atoms with van der Waals surface area (Å²) in [6.07, 6.45) is 6.11. The minimum Gasteiger partial charge on any atom is -0.355 e. The van der Waals surface area contributed by atoms with Crippen molar-refractivity contribution >= 4 is 5.69 Å². The first-order chi connectivity index (χ1) is 8.11. The van der Waals surface area contributed by atoms with Crippen molar-refractivity contribution in [3.8, 4) is 0 Å². The summed E-state index contributed by atoms with van der Waals surface area (Å²) >= 11 is 0. The zero-order valence-electron chi connectivity index (χ0n) is 10.7. The molecule has 1 aromatic carbocycles. The van der Waals surface area contributed by atoms with E-state index in [1.807, 2.05) is 13.0 Å². The molecular formula is C16H19N. The number of nitrogens with one attached hydrogen (secondary N) is 1. The van der Waals surface area contributed by atoms with E-state index in [0.717, 1.165) is 5.70 Å². The lowest BCUT2D eigenvalue weighted by atomic mass is 9.74. The minimum atomic E-state index is -0.00155. The van der Waals surface area contributed by atoms with Gasteiger partial charge in [-0.3, -0.25) is 0 Å². The Balaban J connectivity index is 2.65. The molecule has 1 N–H and O–H groups in total. The van der Waals surface area contributed by atoms with Crippen molar-refractivity contribution in [3.05, 3.63) is 65.9 Å². The fourth-order valence-electron chi connectivity index (χ4n) is 2.49. The maximum Gasteiger partial charge on any atom is 0.0425 e. The SMILES string of the molecule is C=CC1=C(/C=C\C)Nc2ccccc2C1(C)C. The molecule has 88 valence electrons. The van der Waals surface area contributed by atoms with E-state index in [2.05, 4.69) is 62.2 Å². The molecule has 0 bridgehead atoms. The Bertz CT molecular complexity index is 504. The first kappa shape index (κ1) is 11.7. The lowest BCUT2D eigenvalue weighted by Gasteiger charge is -2.36. The number of anilines is 1. The highest BCUT2D eigenvalue weighted by molar-refractivity contribution is 5.68. The number of para-hydroxylation sites is 1. The molecule has 1 aliphatic heterocycles. The molecule has 0 atom stereocenters. The lowest BCUT2D eigenvalue weighted by Crippen LogP contribution is -2.28. The Morgan fingerprint density at radius 3 is 2.59 bits per heavy atom. The zero-order chi connectivity index (χ0) is 12.5. The van der Waals surface area contributed by atoms with Gasteiger partial charge in [-0.2, -0.15) is 0 Å². The normalized spacial score (nSPS) is 17.8. The standard InChI is InChI=1S/C16H19N/c1-5-9-14-12(6-2)16(3,4)13-10-7-8-11-15(13)17-14/h5-11,17H,2H2,1,3-4H3/b9-5-. The molecular weight excluding hydrogens is 206 g/mol. The molecule has 0 spiro atoms. The number of hydrogen-bond donors (Lipinski definition) is 1. The van der Waals surface area contributed by atoms with E-state index in [9.17, 15) is 0 Å². The summed E-state index contributed by atoms with van der Waals surface area (Å²) in [6, 6.07) is 8.45. The molecule has 0 radical (unpaired) electrons. The molecule has 0 aliphatic carbocycles. The van der Waals surface area contributed by atoms with Gasteiger partial charge in [0.25, 0.3) is 0 Å². The Morgan fingerprint density at radius 1 is 1.24 bits per heavy atom. The fourth-order valence-corrected chi connectivity index (χ4v) is 2.49.